The molecule has 23 heavy (non-hydrogen) atoms. The summed E-state index contributed by atoms with van der Waals surface area (Å²) in [5, 5.41) is 11.0. The van der Waals surface area contributed by atoms with E-state index in [0.29, 0.717) is 11.3 Å². The number of nitro benzene ring substituents is 1. The molecule has 1 heterocycles. The Morgan fingerprint density at radius 2 is 2.17 bits per heavy atom. The number of carbonyl (C=O) groups is 1. The Morgan fingerprint density at radius 1 is 1.39 bits per heavy atom. The Hall–Kier alpha value is -3.38. The summed E-state index contributed by atoms with van der Waals surface area (Å²) in [6.07, 6.45) is 1.51. The standard InChI is InChI=1S/C15H12N4O4/c1-2-23-15(20)14(18-16)11-7-6-10(19(21)22)9-12(11)13-5-3-4-8-17-13/h3-9H,2H2,1H3. The topological polar surface area (TPSA) is 119 Å². The monoisotopic (exact) mass is 312 g/mol. The Labute approximate surface area is 131 Å². The fourth-order valence-corrected chi connectivity index (χ4v) is 1.99. The van der Waals surface area contributed by atoms with Crippen LogP contribution in [0.1, 0.15) is 12.5 Å². The van der Waals surface area contributed by atoms with Crippen LogP contribution in [0.5, 0.6) is 0 Å². The number of pyridine rings is 1. The summed E-state index contributed by atoms with van der Waals surface area (Å²) in [4.78, 5) is 29.4. The molecule has 0 amide bonds. The zero-order valence-corrected chi connectivity index (χ0v) is 12.2. The molecule has 0 bridgehead atoms. The Morgan fingerprint density at radius 3 is 2.74 bits per heavy atom. The minimum Gasteiger partial charge on any atom is -0.457 e. The average molecular weight is 312 g/mol. The third-order valence-corrected chi connectivity index (χ3v) is 2.98. The highest BCUT2D eigenvalue weighted by molar-refractivity contribution is 6.42. The quantitative estimate of drug-likeness (QED) is 0.209. The molecular formula is C15H12N4O4. The van der Waals surface area contributed by atoms with Crippen molar-refractivity contribution in [3.05, 3.63) is 63.8 Å². The van der Waals surface area contributed by atoms with Gasteiger partial charge in [-0.25, -0.2) is 4.79 Å². The van der Waals surface area contributed by atoms with Crippen molar-refractivity contribution >= 4 is 17.4 Å². The van der Waals surface area contributed by atoms with Gasteiger partial charge in [-0.05, 0) is 25.1 Å². The van der Waals surface area contributed by atoms with Crippen LogP contribution >= 0.6 is 0 Å². The highest BCUT2D eigenvalue weighted by Gasteiger charge is 2.29. The number of rotatable bonds is 5. The molecule has 8 heteroatoms. The van der Waals surface area contributed by atoms with Crippen molar-refractivity contribution < 1.29 is 19.2 Å². The molecule has 0 aliphatic rings. The first kappa shape index (κ1) is 16.0. The lowest BCUT2D eigenvalue weighted by Crippen LogP contribution is -2.20. The molecular weight excluding hydrogens is 300 g/mol. The van der Waals surface area contributed by atoms with Crippen molar-refractivity contribution in [1.29, 1.82) is 0 Å². The molecule has 0 saturated carbocycles. The van der Waals surface area contributed by atoms with Crippen molar-refractivity contribution in [3.8, 4) is 11.3 Å². The largest absolute Gasteiger partial charge is 0.457 e. The van der Waals surface area contributed by atoms with Crippen LogP contribution < -0.4 is 0 Å². The second-order valence-corrected chi connectivity index (χ2v) is 4.37. The molecule has 0 atom stereocenters. The molecule has 0 aliphatic heterocycles. The molecule has 2 rings (SSSR count). The summed E-state index contributed by atoms with van der Waals surface area (Å²) in [7, 11) is 0. The number of non-ortho nitro benzene ring substituents is 1. The summed E-state index contributed by atoms with van der Waals surface area (Å²) < 4.78 is 4.83. The number of ether oxygens (including phenoxy) is 1. The molecule has 1 aromatic carbocycles. The SMILES string of the molecule is CCOC(=O)C(=[N+]=[N-])c1ccc([N+](=O)[O-])cc1-c1ccccn1. The van der Waals surface area contributed by atoms with E-state index < -0.39 is 10.9 Å². The Balaban J connectivity index is 2.66. The zero-order chi connectivity index (χ0) is 16.8. The second-order valence-electron chi connectivity index (χ2n) is 4.37. The first-order valence-electron chi connectivity index (χ1n) is 6.67. The van der Waals surface area contributed by atoms with Gasteiger partial charge in [0.1, 0.15) is 0 Å². The second kappa shape index (κ2) is 7.06. The minimum atomic E-state index is -0.832. The van der Waals surface area contributed by atoms with E-state index in [-0.39, 0.29) is 23.6 Å². The van der Waals surface area contributed by atoms with Crippen molar-refractivity contribution in [1.82, 2.24) is 4.98 Å². The Bertz CT molecular complexity index is 798. The third-order valence-electron chi connectivity index (χ3n) is 2.98. The van der Waals surface area contributed by atoms with Gasteiger partial charge in [-0.1, -0.05) is 6.07 Å². The lowest BCUT2D eigenvalue weighted by atomic mass is 9.99. The molecule has 8 nitrogen and oxygen atoms in total. The number of hydrogen-bond donors (Lipinski definition) is 0. The summed E-state index contributed by atoms with van der Waals surface area (Å²) in [6.45, 7) is 1.71. The molecule has 116 valence electrons. The van der Waals surface area contributed by atoms with Gasteiger partial charge in [0.15, 0.2) is 0 Å². The third kappa shape index (κ3) is 3.45. The van der Waals surface area contributed by atoms with Crippen molar-refractivity contribution in [2.45, 2.75) is 6.92 Å². The molecule has 0 aliphatic carbocycles. The number of carbonyl (C=O) groups excluding carboxylic acids is 1. The highest BCUT2D eigenvalue weighted by Crippen LogP contribution is 2.27. The molecule has 0 saturated heterocycles. The van der Waals surface area contributed by atoms with Crippen LogP contribution in [0.25, 0.3) is 16.8 Å². The van der Waals surface area contributed by atoms with Gasteiger partial charge < -0.3 is 10.3 Å². The predicted molar refractivity (Wildman–Crippen MR) is 80.7 cm³/mol. The number of nitrogens with zero attached hydrogens (tertiary/aromatic N) is 4. The van der Waals surface area contributed by atoms with E-state index in [4.69, 9.17) is 10.3 Å². The van der Waals surface area contributed by atoms with Crippen LogP contribution in [0.2, 0.25) is 0 Å². The number of benzene rings is 1. The fraction of sp³-hybridized carbons (Fsp3) is 0.133. The van der Waals surface area contributed by atoms with Crippen LogP contribution in [0.3, 0.4) is 0 Å². The van der Waals surface area contributed by atoms with Gasteiger partial charge in [0, 0.05) is 23.9 Å². The molecule has 1 aromatic heterocycles. The van der Waals surface area contributed by atoms with Crippen molar-refractivity contribution in [2.24, 2.45) is 0 Å². The molecule has 0 spiro atoms. The molecule has 0 unspecified atom stereocenters. The highest BCUT2D eigenvalue weighted by atomic mass is 16.6. The van der Waals surface area contributed by atoms with Gasteiger partial charge in [-0.3, -0.25) is 15.1 Å². The van der Waals surface area contributed by atoms with E-state index in [1.807, 2.05) is 0 Å². The van der Waals surface area contributed by atoms with Gasteiger partial charge in [-0.2, -0.15) is 4.79 Å². The smallest absolute Gasteiger partial charge is 0.422 e. The van der Waals surface area contributed by atoms with Gasteiger partial charge >= 0.3 is 11.7 Å². The minimum absolute atomic E-state index is 0.101. The predicted octanol–water partition coefficient (Wildman–Crippen LogP) is 2.24. The normalized spacial score (nSPS) is 9.78. The fourth-order valence-electron chi connectivity index (χ4n) is 1.99. The van der Waals surface area contributed by atoms with E-state index in [0.717, 1.165) is 0 Å². The lowest BCUT2D eigenvalue weighted by molar-refractivity contribution is -0.384. The van der Waals surface area contributed by atoms with E-state index in [2.05, 4.69) is 9.77 Å². The van der Waals surface area contributed by atoms with E-state index in [1.54, 1.807) is 25.1 Å². The summed E-state index contributed by atoms with van der Waals surface area (Å²) in [6, 6.07) is 8.82. The van der Waals surface area contributed by atoms with E-state index in [9.17, 15) is 14.9 Å². The molecule has 2 aromatic rings. The average Bonchev–Trinajstić information content (AvgIpc) is 2.56. The maximum atomic E-state index is 11.9. The number of hydrogen-bond acceptors (Lipinski definition) is 5. The summed E-state index contributed by atoms with van der Waals surface area (Å²) in [5.41, 5.74) is 9.53. The zero-order valence-electron chi connectivity index (χ0n) is 12.2. The molecule has 0 radical (unpaired) electrons. The van der Waals surface area contributed by atoms with Crippen molar-refractivity contribution in [3.63, 3.8) is 0 Å². The van der Waals surface area contributed by atoms with Crippen LogP contribution in [-0.4, -0.2) is 33.0 Å². The number of nitro groups is 1. The van der Waals surface area contributed by atoms with Crippen LogP contribution in [0, 0.1) is 10.1 Å². The van der Waals surface area contributed by atoms with Crippen molar-refractivity contribution in [2.75, 3.05) is 6.61 Å². The van der Waals surface area contributed by atoms with Crippen LogP contribution in [-0.2, 0) is 9.53 Å². The lowest BCUT2D eigenvalue weighted by Gasteiger charge is -2.06. The first-order chi connectivity index (χ1) is 11.1. The Kier molecular flexibility index (Phi) is 4.91. The summed E-state index contributed by atoms with van der Waals surface area (Å²) in [5.74, 6) is -0.832. The molecule has 0 fully saturated rings. The summed E-state index contributed by atoms with van der Waals surface area (Å²) >= 11 is 0. The van der Waals surface area contributed by atoms with Crippen LogP contribution in [0.15, 0.2) is 42.6 Å². The maximum Gasteiger partial charge on any atom is 0.422 e. The number of aromatic nitrogens is 1. The van der Waals surface area contributed by atoms with Gasteiger partial charge in [0.25, 0.3) is 5.69 Å². The van der Waals surface area contributed by atoms with Gasteiger partial charge in [0.05, 0.1) is 22.8 Å². The van der Waals surface area contributed by atoms with Crippen LogP contribution in [0.4, 0.5) is 5.69 Å². The first-order valence-corrected chi connectivity index (χ1v) is 6.67. The molecule has 0 N–H and O–H groups in total. The number of esters is 1. The van der Waals surface area contributed by atoms with Gasteiger partial charge in [-0.15, -0.1) is 0 Å². The van der Waals surface area contributed by atoms with E-state index in [1.165, 1.54) is 24.4 Å². The maximum absolute atomic E-state index is 11.9. The van der Waals surface area contributed by atoms with E-state index >= 15 is 0 Å². The van der Waals surface area contributed by atoms with Gasteiger partial charge in [0.2, 0.25) is 0 Å².